The number of carbonyl (C=O) groups excluding carboxylic acids is 2. The van der Waals surface area contributed by atoms with Crippen molar-refractivity contribution in [2.45, 2.75) is 44.6 Å². The molecule has 0 fully saturated rings. The Morgan fingerprint density at radius 2 is 1.65 bits per heavy atom. The number of hydrogen-bond donors (Lipinski definition) is 3. The molecule has 0 saturated heterocycles. The van der Waals surface area contributed by atoms with Crippen molar-refractivity contribution in [1.82, 2.24) is 10.6 Å². The number of hydrogen-bond acceptors (Lipinski definition) is 4. The molecule has 0 aromatic heterocycles. The lowest BCUT2D eigenvalue weighted by atomic mass is 9.98. The van der Waals surface area contributed by atoms with Gasteiger partial charge >= 0.3 is 12.1 Å². The van der Waals surface area contributed by atoms with Gasteiger partial charge in [0.2, 0.25) is 5.91 Å². The van der Waals surface area contributed by atoms with Crippen molar-refractivity contribution in [3.05, 3.63) is 59.7 Å². The van der Waals surface area contributed by atoms with E-state index in [2.05, 4.69) is 34.9 Å². The molecule has 1 aliphatic carbocycles. The number of nitrogens with one attached hydrogen (secondary N) is 2. The topological polar surface area (TPSA) is 105 Å². The Morgan fingerprint density at radius 3 is 2.23 bits per heavy atom. The SMILES string of the molecule is CCCC(NC(=O)CCCNC(=O)OCC1c2ccccc2-c2ccccc21)C(=O)O. The van der Waals surface area contributed by atoms with E-state index in [1.165, 1.54) is 11.1 Å². The van der Waals surface area contributed by atoms with Crippen LogP contribution in [0.15, 0.2) is 48.5 Å². The van der Waals surface area contributed by atoms with Crippen molar-refractivity contribution in [3.63, 3.8) is 0 Å². The van der Waals surface area contributed by atoms with Gasteiger partial charge in [0.25, 0.3) is 0 Å². The molecule has 0 bridgehead atoms. The molecule has 2 aromatic carbocycles. The average Bonchev–Trinajstić information content (AvgIpc) is 3.09. The molecule has 2 aromatic rings. The first-order valence-electron chi connectivity index (χ1n) is 10.6. The largest absolute Gasteiger partial charge is 0.480 e. The van der Waals surface area contributed by atoms with Gasteiger partial charge in [0.15, 0.2) is 0 Å². The van der Waals surface area contributed by atoms with Crippen LogP contribution in [0.5, 0.6) is 0 Å². The monoisotopic (exact) mass is 424 g/mol. The van der Waals surface area contributed by atoms with E-state index in [1.807, 2.05) is 31.2 Å². The molecule has 1 aliphatic rings. The number of carboxylic acids is 1. The third-order valence-electron chi connectivity index (χ3n) is 5.40. The third-order valence-corrected chi connectivity index (χ3v) is 5.40. The molecule has 1 atom stereocenters. The number of fused-ring (bicyclic) bond motifs is 3. The second kappa shape index (κ2) is 10.6. The Bertz CT molecular complexity index is 898. The van der Waals surface area contributed by atoms with Crippen molar-refractivity contribution < 1.29 is 24.2 Å². The summed E-state index contributed by atoms with van der Waals surface area (Å²) in [6.07, 6.45) is 1.06. The van der Waals surface area contributed by atoms with Crippen molar-refractivity contribution in [2.75, 3.05) is 13.2 Å². The zero-order chi connectivity index (χ0) is 22.2. The summed E-state index contributed by atoms with van der Waals surface area (Å²) in [4.78, 5) is 35.1. The first-order valence-corrected chi connectivity index (χ1v) is 10.6. The van der Waals surface area contributed by atoms with Gasteiger partial charge in [0.1, 0.15) is 12.6 Å². The van der Waals surface area contributed by atoms with E-state index in [4.69, 9.17) is 9.84 Å². The summed E-state index contributed by atoms with van der Waals surface area (Å²) < 4.78 is 5.45. The first kappa shape index (κ1) is 22.3. The summed E-state index contributed by atoms with van der Waals surface area (Å²) in [5, 5.41) is 14.2. The maximum absolute atomic E-state index is 12.1. The van der Waals surface area contributed by atoms with Crippen molar-refractivity contribution in [1.29, 1.82) is 0 Å². The minimum atomic E-state index is -1.04. The Morgan fingerprint density at radius 1 is 1.03 bits per heavy atom. The molecule has 1 unspecified atom stereocenters. The van der Waals surface area contributed by atoms with Gasteiger partial charge < -0.3 is 20.5 Å². The zero-order valence-electron chi connectivity index (χ0n) is 17.6. The second-order valence-electron chi connectivity index (χ2n) is 7.60. The van der Waals surface area contributed by atoms with E-state index >= 15 is 0 Å². The molecule has 0 radical (unpaired) electrons. The molecule has 7 heteroatoms. The van der Waals surface area contributed by atoms with Gasteiger partial charge in [0.05, 0.1) is 0 Å². The Labute approximate surface area is 181 Å². The molecule has 0 spiro atoms. The predicted molar refractivity (Wildman–Crippen MR) is 117 cm³/mol. The molecule has 0 heterocycles. The highest BCUT2D eigenvalue weighted by Crippen LogP contribution is 2.44. The average molecular weight is 424 g/mol. The van der Waals surface area contributed by atoms with Crippen LogP contribution in [0.3, 0.4) is 0 Å². The number of aliphatic carboxylic acids is 1. The molecule has 0 saturated carbocycles. The number of rotatable bonds is 10. The van der Waals surface area contributed by atoms with Gasteiger partial charge in [-0.25, -0.2) is 9.59 Å². The summed E-state index contributed by atoms with van der Waals surface area (Å²) in [5.74, 6) is -1.38. The molecule has 164 valence electrons. The highest BCUT2D eigenvalue weighted by Gasteiger charge is 2.29. The number of alkyl carbamates (subject to hydrolysis) is 1. The third kappa shape index (κ3) is 5.63. The molecule has 3 rings (SSSR count). The van der Waals surface area contributed by atoms with Gasteiger partial charge in [-0.15, -0.1) is 0 Å². The van der Waals surface area contributed by atoms with E-state index in [1.54, 1.807) is 0 Å². The lowest BCUT2D eigenvalue weighted by Gasteiger charge is -2.15. The van der Waals surface area contributed by atoms with Crippen LogP contribution in [0.25, 0.3) is 11.1 Å². The van der Waals surface area contributed by atoms with Crippen molar-refractivity contribution in [3.8, 4) is 11.1 Å². The molecular formula is C24H28N2O5. The quantitative estimate of drug-likeness (QED) is 0.505. The van der Waals surface area contributed by atoms with E-state index < -0.39 is 18.1 Å². The lowest BCUT2D eigenvalue weighted by Crippen LogP contribution is -2.40. The highest BCUT2D eigenvalue weighted by molar-refractivity contribution is 5.83. The Kier molecular flexibility index (Phi) is 7.65. The summed E-state index contributed by atoms with van der Waals surface area (Å²) in [7, 11) is 0. The van der Waals surface area contributed by atoms with E-state index in [0.717, 1.165) is 11.1 Å². The number of amides is 2. The van der Waals surface area contributed by atoms with Gasteiger partial charge in [-0.1, -0.05) is 61.9 Å². The standard InChI is InChI=1S/C24H28N2O5/c1-2-8-21(23(28)29)26-22(27)13-7-14-25-24(30)31-15-20-18-11-5-3-9-16(18)17-10-4-6-12-19(17)20/h3-6,9-12,20-21H,2,7-8,13-15H2,1H3,(H,25,30)(H,26,27)(H,28,29). The van der Waals surface area contributed by atoms with Gasteiger partial charge in [-0.3, -0.25) is 4.79 Å². The lowest BCUT2D eigenvalue weighted by molar-refractivity contribution is -0.142. The highest BCUT2D eigenvalue weighted by atomic mass is 16.5. The number of ether oxygens (including phenoxy) is 1. The summed E-state index contributed by atoms with van der Waals surface area (Å²) in [6, 6.07) is 15.4. The van der Waals surface area contributed by atoms with E-state index in [0.29, 0.717) is 19.3 Å². The molecular weight excluding hydrogens is 396 g/mol. The van der Waals surface area contributed by atoms with E-state index in [9.17, 15) is 14.4 Å². The Hall–Kier alpha value is -3.35. The first-order chi connectivity index (χ1) is 15.0. The fourth-order valence-electron chi connectivity index (χ4n) is 3.90. The Balaban J connectivity index is 1.42. The number of carbonyl (C=O) groups is 3. The van der Waals surface area contributed by atoms with Crippen LogP contribution in [-0.4, -0.2) is 42.3 Å². The number of benzene rings is 2. The van der Waals surface area contributed by atoms with Crippen LogP contribution in [0.1, 0.15) is 49.7 Å². The fraction of sp³-hybridized carbons (Fsp3) is 0.375. The minimum absolute atomic E-state index is 0.00422. The van der Waals surface area contributed by atoms with E-state index in [-0.39, 0.29) is 31.4 Å². The summed E-state index contributed by atoms with van der Waals surface area (Å²) in [6.45, 7) is 2.37. The summed E-state index contributed by atoms with van der Waals surface area (Å²) >= 11 is 0. The van der Waals surface area contributed by atoms with Crippen LogP contribution in [0, 0.1) is 0 Å². The molecule has 7 nitrogen and oxygen atoms in total. The molecule has 3 N–H and O–H groups in total. The molecule has 0 aliphatic heterocycles. The van der Waals surface area contributed by atoms with Crippen molar-refractivity contribution in [2.24, 2.45) is 0 Å². The van der Waals surface area contributed by atoms with Gasteiger partial charge in [0, 0.05) is 18.9 Å². The van der Waals surface area contributed by atoms with Crippen LogP contribution < -0.4 is 10.6 Å². The molecule has 2 amide bonds. The van der Waals surface area contributed by atoms with Crippen LogP contribution in [0.4, 0.5) is 4.79 Å². The van der Waals surface area contributed by atoms with Crippen LogP contribution >= 0.6 is 0 Å². The predicted octanol–water partition coefficient (Wildman–Crippen LogP) is 3.67. The van der Waals surface area contributed by atoms with Crippen molar-refractivity contribution >= 4 is 18.0 Å². The normalized spacial score (nSPS) is 13.1. The van der Waals surface area contributed by atoms with Gasteiger partial charge in [-0.05, 0) is 35.1 Å². The number of carboxylic acid groups (broad SMARTS) is 1. The smallest absolute Gasteiger partial charge is 0.407 e. The second-order valence-corrected chi connectivity index (χ2v) is 7.60. The zero-order valence-corrected chi connectivity index (χ0v) is 17.6. The van der Waals surface area contributed by atoms with Gasteiger partial charge in [-0.2, -0.15) is 0 Å². The minimum Gasteiger partial charge on any atom is -0.480 e. The maximum atomic E-state index is 12.1. The van der Waals surface area contributed by atoms with Crippen LogP contribution in [-0.2, 0) is 14.3 Å². The summed E-state index contributed by atoms with van der Waals surface area (Å²) in [5.41, 5.74) is 4.63. The molecule has 31 heavy (non-hydrogen) atoms. The fourth-order valence-corrected chi connectivity index (χ4v) is 3.90. The van der Waals surface area contributed by atoms with Crippen LogP contribution in [0.2, 0.25) is 0 Å². The maximum Gasteiger partial charge on any atom is 0.407 e.